The molecule has 0 atom stereocenters. The molecular weight excluding hydrogens is 237 g/mol. The molecular formula is C9H9ClFN3O2. The molecule has 0 aromatic heterocycles. The minimum Gasteiger partial charge on any atom is -0.376 e. The highest BCUT2D eigenvalue weighted by molar-refractivity contribution is 6.31. The SMILES string of the molecule is NC(=O)NC(=O)CNc1ccc(F)c(Cl)c1. The van der Waals surface area contributed by atoms with E-state index in [2.05, 4.69) is 5.32 Å². The van der Waals surface area contributed by atoms with Gasteiger partial charge in [-0.2, -0.15) is 0 Å². The van der Waals surface area contributed by atoms with Gasteiger partial charge in [-0.05, 0) is 18.2 Å². The van der Waals surface area contributed by atoms with Crippen LogP contribution >= 0.6 is 11.6 Å². The van der Waals surface area contributed by atoms with Crippen molar-refractivity contribution in [2.24, 2.45) is 5.73 Å². The number of urea groups is 1. The van der Waals surface area contributed by atoms with E-state index in [1.807, 2.05) is 5.32 Å². The van der Waals surface area contributed by atoms with Gasteiger partial charge in [0, 0.05) is 5.69 Å². The maximum absolute atomic E-state index is 12.8. The van der Waals surface area contributed by atoms with Crippen LogP contribution in [-0.4, -0.2) is 18.5 Å². The number of carbonyl (C=O) groups excluding carboxylic acids is 2. The fourth-order valence-electron chi connectivity index (χ4n) is 0.970. The molecule has 0 spiro atoms. The third-order valence-corrected chi connectivity index (χ3v) is 1.92. The minimum atomic E-state index is -0.927. The first-order chi connectivity index (χ1) is 7.49. The van der Waals surface area contributed by atoms with Crippen LogP contribution in [0.2, 0.25) is 5.02 Å². The third kappa shape index (κ3) is 3.74. The van der Waals surface area contributed by atoms with Crippen LogP contribution in [-0.2, 0) is 4.79 Å². The van der Waals surface area contributed by atoms with Crippen molar-refractivity contribution < 1.29 is 14.0 Å². The summed E-state index contributed by atoms with van der Waals surface area (Å²) in [5, 5.41) is 4.46. The van der Waals surface area contributed by atoms with Gasteiger partial charge in [0.15, 0.2) is 0 Å². The van der Waals surface area contributed by atoms with E-state index in [0.717, 1.165) is 6.07 Å². The summed E-state index contributed by atoms with van der Waals surface area (Å²) >= 11 is 5.52. The zero-order valence-corrected chi connectivity index (χ0v) is 8.84. The topological polar surface area (TPSA) is 84.2 Å². The van der Waals surface area contributed by atoms with E-state index < -0.39 is 17.8 Å². The maximum Gasteiger partial charge on any atom is 0.318 e. The van der Waals surface area contributed by atoms with Crippen molar-refractivity contribution in [3.63, 3.8) is 0 Å². The van der Waals surface area contributed by atoms with Gasteiger partial charge in [-0.25, -0.2) is 9.18 Å². The second-order valence-electron chi connectivity index (χ2n) is 2.89. The minimum absolute atomic E-state index is 0.0553. The number of primary amides is 1. The molecule has 0 bridgehead atoms. The normalized spacial score (nSPS) is 9.62. The highest BCUT2D eigenvalue weighted by atomic mass is 35.5. The fraction of sp³-hybridized carbons (Fsp3) is 0.111. The number of anilines is 1. The quantitative estimate of drug-likeness (QED) is 0.745. The van der Waals surface area contributed by atoms with Gasteiger partial charge < -0.3 is 11.1 Å². The van der Waals surface area contributed by atoms with Gasteiger partial charge in [0.1, 0.15) is 5.82 Å². The predicted octanol–water partition coefficient (Wildman–Crippen LogP) is 1.09. The van der Waals surface area contributed by atoms with Crippen LogP contribution < -0.4 is 16.4 Å². The molecule has 3 amide bonds. The molecule has 1 aromatic carbocycles. The first kappa shape index (κ1) is 12.3. The lowest BCUT2D eigenvalue weighted by atomic mass is 10.3. The van der Waals surface area contributed by atoms with Crippen molar-refractivity contribution >= 4 is 29.2 Å². The van der Waals surface area contributed by atoms with Crippen LogP contribution in [0.15, 0.2) is 18.2 Å². The summed E-state index contributed by atoms with van der Waals surface area (Å²) in [7, 11) is 0. The molecule has 0 radical (unpaired) electrons. The Hall–Kier alpha value is -1.82. The van der Waals surface area contributed by atoms with E-state index in [1.165, 1.54) is 12.1 Å². The molecule has 0 saturated heterocycles. The van der Waals surface area contributed by atoms with Crippen LogP contribution in [0.4, 0.5) is 14.9 Å². The number of rotatable bonds is 3. The van der Waals surface area contributed by atoms with Crippen molar-refractivity contribution in [3.05, 3.63) is 29.0 Å². The summed E-state index contributed by atoms with van der Waals surface area (Å²) in [5.41, 5.74) is 5.20. The molecule has 7 heteroatoms. The first-order valence-electron chi connectivity index (χ1n) is 4.27. The summed E-state index contributed by atoms with van der Waals surface area (Å²) < 4.78 is 12.8. The number of imide groups is 1. The van der Waals surface area contributed by atoms with Crippen molar-refractivity contribution in [2.75, 3.05) is 11.9 Å². The Morgan fingerprint density at radius 3 is 2.69 bits per heavy atom. The van der Waals surface area contributed by atoms with E-state index in [9.17, 15) is 14.0 Å². The fourth-order valence-corrected chi connectivity index (χ4v) is 1.15. The van der Waals surface area contributed by atoms with Gasteiger partial charge in [-0.3, -0.25) is 10.1 Å². The summed E-state index contributed by atoms with van der Waals surface area (Å²) in [6.45, 7) is -0.162. The van der Waals surface area contributed by atoms with Gasteiger partial charge in [0.25, 0.3) is 0 Å². The van der Waals surface area contributed by atoms with Gasteiger partial charge >= 0.3 is 6.03 Å². The number of amides is 3. The van der Waals surface area contributed by atoms with E-state index >= 15 is 0 Å². The van der Waals surface area contributed by atoms with Crippen molar-refractivity contribution in [3.8, 4) is 0 Å². The summed E-state index contributed by atoms with van der Waals surface area (Å²) in [6, 6.07) is 2.98. The molecule has 5 nitrogen and oxygen atoms in total. The first-order valence-corrected chi connectivity index (χ1v) is 4.65. The third-order valence-electron chi connectivity index (χ3n) is 1.64. The predicted molar refractivity (Wildman–Crippen MR) is 57.6 cm³/mol. The lowest BCUT2D eigenvalue weighted by Crippen LogP contribution is -2.38. The molecule has 0 aliphatic carbocycles. The number of hydrogen-bond acceptors (Lipinski definition) is 3. The highest BCUT2D eigenvalue weighted by Crippen LogP contribution is 2.18. The molecule has 0 unspecified atom stereocenters. The van der Waals surface area contributed by atoms with Crippen molar-refractivity contribution in [1.29, 1.82) is 0 Å². The molecule has 1 aromatic rings. The smallest absolute Gasteiger partial charge is 0.318 e. The van der Waals surface area contributed by atoms with Gasteiger partial charge in [-0.15, -0.1) is 0 Å². The molecule has 4 N–H and O–H groups in total. The van der Waals surface area contributed by atoms with E-state index in [0.29, 0.717) is 5.69 Å². The van der Waals surface area contributed by atoms with Crippen LogP contribution in [0.3, 0.4) is 0 Å². The number of benzene rings is 1. The van der Waals surface area contributed by atoms with Crippen LogP contribution in [0, 0.1) is 5.82 Å². The molecule has 0 heterocycles. The summed E-state index contributed by atoms with van der Waals surface area (Å²) in [6.07, 6.45) is 0. The average Bonchev–Trinajstić information content (AvgIpc) is 2.19. The largest absolute Gasteiger partial charge is 0.376 e. The van der Waals surface area contributed by atoms with Crippen LogP contribution in [0.1, 0.15) is 0 Å². The average molecular weight is 246 g/mol. The molecule has 0 fully saturated rings. The van der Waals surface area contributed by atoms with Gasteiger partial charge in [0.05, 0.1) is 11.6 Å². The Balaban J connectivity index is 2.51. The zero-order valence-electron chi connectivity index (χ0n) is 8.09. The molecule has 0 aliphatic heterocycles. The molecule has 16 heavy (non-hydrogen) atoms. The number of carbonyl (C=O) groups is 2. The maximum atomic E-state index is 12.8. The standard InChI is InChI=1S/C9H9ClFN3O2/c10-6-3-5(1-2-7(6)11)13-4-8(15)14-9(12)16/h1-3,13H,4H2,(H3,12,14,15,16). The number of halogens is 2. The number of nitrogens with one attached hydrogen (secondary N) is 2. The summed E-state index contributed by atoms with van der Waals surface area (Å²) in [5.74, 6) is -1.14. The van der Waals surface area contributed by atoms with Crippen molar-refractivity contribution in [1.82, 2.24) is 5.32 Å². The van der Waals surface area contributed by atoms with E-state index in [-0.39, 0.29) is 11.6 Å². The van der Waals surface area contributed by atoms with E-state index in [1.54, 1.807) is 0 Å². The van der Waals surface area contributed by atoms with E-state index in [4.69, 9.17) is 17.3 Å². The Labute approximate surface area is 95.8 Å². The summed E-state index contributed by atoms with van der Waals surface area (Å²) in [4.78, 5) is 21.3. The molecule has 0 aliphatic rings. The Kier molecular flexibility index (Phi) is 4.07. The number of hydrogen-bond donors (Lipinski definition) is 3. The van der Waals surface area contributed by atoms with Crippen LogP contribution in [0.5, 0.6) is 0 Å². The van der Waals surface area contributed by atoms with Crippen LogP contribution in [0.25, 0.3) is 0 Å². The molecule has 1 rings (SSSR count). The molecule has 0 saturated carbocycles. The second-order valence-corrected chi connectivity index (χ2v) is 3.30. The Morgan fingerprint density at radius 1 is 1.44 bits per heavy atom. The number of nitrogens with two attached hydrogens (primary N) is 1. The highest BCUT2D eigenvalue weighted by Gasteiger charge is 2.05. The van der Waals surface area contributed by atoms with Gasteiger partial charge in [-0.1, -0.05) is 11.6 Å². The Bertz CT molecular complexity index is 425. The lowest BCUT2D eigenvalue weighted by molar-refractivity contribution is -0.118. The van der Waals surface area contributed by atoms with Gasteiger partial charge in [0.2, 0.25) is 5.91 Å². The Morgan fingerprint density at radius 2 is 2.12 bits per heavy atom. The zero-order chi connectivity index (χ0) is 12.1. The lowest BCUT2D eigenvalue weighted by Gasteiger charge is -2.06. The van der Waals surface area contributed by atoms with Crippen molar-refractivity contribution in [2.45, 2.75) is 0 Å². The molecule has 86 valence electrons. The monoisotopic (exact) mass is 245 g/mol. The second kappa shape index (κ2) is 5.32.